The van der Waals surface area contributed by atoms with E-state index in [-0.39, 0.29) is 12.5 Å². The number of anilines is 1. The maximum atomic E-state index is 12.5. The largest absolute Gasteiger partial charge is 0.489 e. The molecule has 1 aliphatic rings. The summed E-state index contributed by atoms with van der Waals surface area (Å²) < 4.78 is 7.52. The van der Waals surface area contributed by atoms with Crippen LogP contribution in [0, 0.1) is 6.92 Å². The molecule has 2 atom stereocenters. The summed E-state index contributed by atoms with van der Waals surface area (Å²) in [7, 11) is 0. The molecule has 0 saturated carbocycles. The number of fused-ring (bicyclic) bond motifs is 1. The first-order chi connectivity index (χ1) is 13.6. The van der Waals surface area contributed by atoms with Gasteiger partial charge in [0.1, 0.15) is 24.1 Å². The van der Waals surface area contributed by atoms with E-state index in [9.17, 15) is 9.90 Å². The molecule has 0 bridgehead atoms. The molecule has 0 saturated heterocycles. The molecule has 0 aliphatic carbocycles. The molecule has 7 heteroatoms. The van der Waals surface area contributed by atoms with Crippen molar-refractivity contribution in [1.29, 1.82) is 0 Å². The summed E-state index contributed by atoms with van der Waals surface area (Å²) in [4.78, 5) is 12.5. The van der Waals surface area contributed by atoms with E-state index < -0.39 is 12.3 Å². The first kappa shape index (κ1) is 18.2. The number of rotatable bonds is 5. The van der Waals surface area contributed by atoms with Crippen LogP contribution in [0.5, 0.6) is 5.75 Å². The summed E-state index contributed by atoms with van der Waals surface area (Å²) in [5.74, 6) is 0.349. The highest BCUT2D eigenvalue weighted by molar-refractivity contribution is 5.96. The third-order valence-electron chi connectivity index (χ3n) is 4.68. The van der Waals surface area contributed by atoms with Gasteiger partial charge in [0.15, 0.2) is 6.23 Å². The number of aromatic nitrogens is 2. The number of aliphatic hydroxyl groups is 1. The van der Waals surface area contributed by atoms with Crippen LogP contribution in [0.3, 0.4) is 0 Å². The number of hydrogen-bond acceptors (Lipinski definition) is 5. The molecule has 0 fully saturated rings. The van der Waals surface area contributed by atoms with Crippen molar-refractivity contribution in [1.82, 2.24) is 15.1 Å². The molecule has 144 valence electrons. The summed E-state index contributed by atoms with van der Waals surface area (Å²) in [6.07, 6.45) is -1.09. The third-order valence-corrected chi connectivity index (χ3v) is 4.68. The smallest absolute Gasteiger partial charge is 0.245 e. The van der Waals surface area contributed by atoms with E-state index in [2.05, 4.69) is 15.7 Å². The molecule has 7 nitrogen and oxygen atoms in total. The number of ether oxygens (including phenoxy) is 1. The fourth-order valence-corrected chi connectivity index (χ4v) is 3.15. The third kappa shape index (κ3) is 3.90. The van der Waals surface area contributed by atoms with Crippen LogP contribution in [-0.4, -0.2) is 33.4 Å². The fourth-order valence-electron chi connectivity index (χ4n) is 3.15. The van der Waals surface area contributed by atoms with Crippen molar-refractivity contribution in [3.8, 4) is 5.75 Å². The molecular formula is C21H22N4O3. The molecule has 2 aromatic carbocycles. The molecule has 28 heavy (non-hydrogen) atoms. The number of aliphatic hydroxyl groups excluding tert-OH is 1. The van der Waals surface area contributed by atoms with Crippen molar-refractivity contribution in [3.05, 3.63) is 77.6 Å². The maximum Gasteiger partial charge on any atom is 0.245 e. The number of benzene rings is 2. The van der Waals surface area contributed by atoms with E-state index in [1.54, 1.807) is 12.1 Å². The molecule has 4 rings (SSSR count). The van der Waals surface area contributed by atoms with E-state index >= 15 is 0 Å². The minimum absolute atomic E-state index is 0.115. The molecule has 1 aliphatic heterocycles. The Hall–Kier alpha value is -3.16. The number of nitrogens with one attached hydrogen (secondary N) is 2. The topological polar surface area (TPSA) is 88.4 Å². The second kappa shape index (κ2) is 7.84. The predicted octanol–water partition coefficient (Wildman–Crippen LogP) is 2.22. The van der Waals surface area contributed by atoms with E-state index in [1.165, 1.54) is 0 Å². The van der Waals surface area contributed by atoms with Gasteiger partial charge in [-0.15, -0.1) is 0 Å². The Morgan fingerprint density at radius 1 is 1.25 bits per heavy atom. The van der Waals surface area contributed by atoms with Crippen LogP contribution in [-0.2, 0) is 11.3 Å². The SMILES string of the molecule is Cc1cc(C(O)N[C@H]2COc3ccccc3NC2=O)nn1Cc1ccccc1. The molecule has 0 spiro atoms. The van der Waals surface area contributed by atoms with Gasteiger partial charge in [-0.1, -0.05) is 42.5 Å². The quantitative estimate of drug-likeness (QED) is 0.593. The number of carbonyl (C=O) groups excluding carboxylic acids is 1. The Morgan fingerprint density at radius 2 is 2.00 bits per heavy atom. The lowest BCUT2D eigenvalue weighted by Crippen LogP contribution is -2.45. The van der Waals surface area contributed by atoms with E-state index in [1.807, 2.05) is 60.1 Å². The number of aryl methyl sites for hydroxylation is 1. The van der Waals surface area contributed by atoms with Crippen molar-refractivity contribution in [3.63, 3.8) is 0 Å². The predicted molar refractivity (Wildman–Crippen MR) is 105 cm³/mol. The van der Waals surface area contributed by atoms with Crippen LogP contribution >= 0.6 is 0 Å². The van der Waals surface area contributed by atoms with Gasteiger partial charge >= 0.3 is 0 Å². The van der Waals surface area contributed by atoms with Gasteiger partial charge in [-0.3, -0.25) is 14.8 Å². The highest BCUT2D eigenvalue weighted by atomic mass is 16.5. The first-order valence-electron chi connectivity index (χ1n) is 9.15. The fraction of sp³-hybridized carbons (Fsp3) is 0.238. The van der Waals surface area contributed by atoms with Crippen molar-refractivity contribution < 1.29 is 14.6 Å². The van der Waals surface area contributed by atoms with E-state index in [0.717, 1.165) is 11.3 Å². The number of nitrogens with zero attached hydrogens (tertiary/aromatic N) is 2. The number of para-hydroxylation sites is 2. The lowest BCUT2D eigenvalue weighted by Gasteiger charge is -2.18. The number of hydrogen-bond donors (Lipinski definition) is 3. The van der Waals surface area contributed by atoms with E-state index in [4.69, 9.17) is 4.74 Å². The Labute approximate surface area is 163 Å². The Bertz CT molecular complexity index is 971. The summed E-state index contributed by atoms with van der Waals surface area (Å²) in [6.45, 7) is 2.66. The van der Waals surface area contributed by atoms with E-state index in [0.29, 0.717) is 23.7 Å². The summed E-state index contributed by atoms with van der Waals surface area (Å²) >= 11 is 0. The van der Waals surface area contributed by atoms with Gasteiger partial charge in [0.2, 0.25) is 5.91 Å². The molecule has 2 heterocycles. The standard InChI is InChI=1S/C21H22N4O3/c1-14-11-17(24-25(14)12-15-7-3-2-4-8-15)20(26)23-18-13-28-19-10-6-5-9-16(19)22-21(18)27/h2-11,18,20,23,26H,12-13H2,1H3,(H,22,27)/t18-,20?/m0/s1. The summed E-state index contributed by atoms with van der Waals surface area (Å²) in [5.41, 5.74) is 3.13. The maximum absolute atomic E-state index is 12.5. The van der Waals surface area contributed by atoms with Gasteiger partial charge in [-0.05, 0) is 30.7 Å². The minimum atomic E-state index is -1.09. The average molecular weight is 378 g/mol. The second-order valence-electron chi connectivity index (χ2n) is 6.77. The highest BCUT2D eigenvalue weighted by Gasteiger charge is 2.27. The zero-order valence-corrected chi connectivity index (χ0v) is 15.5. The average Bonchev–Trinajstić information content (AvgIpc) is 2.98. The van der Waals surface area contributed by atoms with Gasteiger partial charge < -0.3 is 15.2 Å². The number of carbonyl (C=O) groups is 1. The lowest BCUT2D eigenvalue weighted by molar-refractivity contribution is -0.119. The van der Waals surface area contributed by atoms with Crippen molar-refractivity contribution in [2.75, 3.05) is 11.9 Å². The van der Waals surface area contributed by atoms with Gasteiger partial charge in [0, 0.05) is 5.69 Å². The zero-order chi connectivity index (χ0) is 19.5. The van der Waals surface area contributed by atoms with Crippen LogP contribution in [0.25, 0.3) is 0 Å². The summed E-state index contributed by atoms with van der Waals surface area (Å²) in [6, 6.07) is 18.3. The van der Waals surface area contributed by atoms with Crippen molar-refractivity contribution >= 4 is 11.6 Å². The zero-order valence-electron chi connectivity index (χ0n) is 15.5. The Morgan fingerprint density at radius 3 is 2.82 bits per heavy atom. The van der Waals surface area contributed by atoms with Gasteiger partial charge in [-0.2, -0.15) is 5.10 Å². The van der Waals surface area contributed by atoms with Gasteiger partial charge in [-0.25, -0.2) is 0 Å². The molecule has 3 aromatic rings. The first-order valence-corrected chi connectivity index (χ1v) is 9.15. The van der Waals surface area contributed by atoms with Crippen LogP contribution in [0.4, 0.5) is 5.69 Å². The Kier molecular flexibility index (Phi) is 5.10. The number of amides is 1. The van der Waals surface area contributed by atoms with Crippen LogP contribution < -0.4 is 15.4 Å². The minimum Gasteiger partial charge on any atom is -0.489 e. The molecular weight excluding hydrogens is 356 g/mol. The molecule has 0 radical (unpaired) electrons. The van der Waals surface area contributed by atoms with Gasteiger partial charge in [0.05, 0.1) is 12.2 Å². The highest BCUT2D eigenvalue weighted by Crippen LogP contribution is 2.26. The monoisotopic (exact) mass is 378 g/mol. The Balaban J connectivity index is 1.44. The molecule has 1 amide bonds. The van der Waals surface area contributed by atoms with Gasteiger partial charge in [0.25, 0.3) is 0 Å². The molecule has 3 N–H and O–H groups in total. The van der Waals surface area contributed by atoms with Crippen LogP contribution in [0.1, 0.15) is 23.2 Å². The normalized spacial score (nSPS) is 17.2. The van der Waals surface area contributed by atoms with Crippen LogP contribution in [0.2, 0.25) is 0 Å². The molecule has 1 unspecified atom stereocenters. The van der Waals surface area contributed by atoms with Crippen LogP contribution in [0.15, 0.2) is 60.7 Å². The second-order valence-corrected chi connectivity index (χ2v) is 6.77. The summed E-state index contributed by atoms with van der Waals surface area (Å²) in [5, 5.41) is 20.8. The van der Waals surface area contributed by atoms with Crippen molar-refractivity contribution in [2.45, 2.75) is 25.7 Å². The van der Waals surface area contributed by atoms with Crippen molar-refractivity contribution in [2.24, 2.45) is 0 Å². The molecule has 1 aromatic heterocycles. The lowest BCUT2D eigenvalue weighted by atomic mass is 10.2.